The molecule has 29 heavy (non-hydrogen) atoms. The van der Waals surface area contributed by atoms with Crippen LogP contribution in [0.3, 0.4) is 0 Å². The molecule has 2 heterocycles. The fraction of sp³-hybridized carbons (Fsp3) is 0.278. The second-order valence-corrected chi connectivity index (χ2v) is 7.23. The lowest BCUT2D eigenvalue weighted by Gasteiger charge is -2.36. The van der Waals surface area contributed by atoms with Gasteiger partial charge in [-0.3, -0.25) is 9.53 Å². The van der Waals surface area contributed by atoms with E-state index in [9.17, 15) is 22.8 Å². The monoisotopic (exact) mass is 447 g/mol. The number of benzene rings is 1. The van der Waals surface area contributed by atoms with Crippen molar-refractivity contribution < 1.29 is 27.5 Å². The summed E-state index contributed by atoms with van der Waals surface area (Å²) < 4.78 is 43.9. The molecule has 1 fully saturated rings. The molecule has 1 aromatic carbocycles. The summed E-state index contributed by atoms with van der Waals surface area (Å²) in [6.07, 6.45) is -6.87. The van der Waals surface area contributed by atoms with E-state index in [1.807, 2.05) is 0 Å². The summed E-state index contributed by atoms with van der Waals surface area (Å²) in [5, 5.41) is -0.175. The molecule has 2 unspecified atom stereocenters. The molecule has 3 rings (SSSR count). The van der Waals surface area contributed by atoms with E-state index in [0.29, 0.717) is 4.90 Å². The number of hydrogen-bond donors (Lipinski definition) is 0. The number of aromatic nitrogens is 1. The van der Waals surface area contributed by atoms with Gasteiger partial charge in [0.05, 0.1) is 5.69 Å². The van der Waals surface area contributed by atoms with E-state index in [-0.39, 0.29) is 21.6 Å². The van der Waals surface area contributed by atoms with Crippen LogP contribution in [0, 0.1) is 0 Å². The molecule has 0 N–H and O–H groups in total. The van der Waals surface area contributed by atoms with Gasteiger partial charge in [-0.05, 0) is 24.6 Å². The predicted octanol–water partition coefficient (Wildman–Crippen LogP) is 4.82. The third-order valence-corrected chi connectivity index (χ3v) is 5.07. The van der Waals surface area contributed by atoms with Crippen molar-refractivity contribution in [1.29, 1.82) is 0 Å². The van der Waals surface area contributed by atoms with E-state index < -0.39 is 29.9 Å². The average Bonchev–Trinajstić information content (AvgIpc) is 2.80. The van der Waals surface area contributed by atoms with Crippen LogP contribution in [-0.2, 0) is 9.53 Å². The summed E-state index contributed by atoms with van der Waals surface area (Å²) in [5.41, 5.74) is -1.94. The number of ether oxygens (including phenoxy) is 1. The van der Waals surface area contributed by atoms with Gasteiger partial charge in [-0.15, -0.1) is 13.2 Å². The van der Waals surface area contributed by atoms with Crippen molar-refractivity contribution in [3.63, 3.8) is 0 Å². The van der Waals surface area contributed by atoms with Crippen molar-refractivity contribution in [2.45, 2.75) is 24.9 Å². The lowest BCUT2D eigenvalue weighted by molar-refractivity contribution is -0.353. The molecule has 0 bridgehead atoms. The topological polar surface area (TPSA) is 62.7 Å². The standard InChI is InChI=1S/C18H14Cl2F3N3O3/c1-17(14(29-18(21,22)23)10-6-4-3-5-7-10)15(27)26(16(28)25(17)2)11-8-12(19)24-13(20)9-11/h3-9,14H,1-2H3. The molecule has 0 radical (unpaired) electrons. The fourth-order valence-corrected chi connectivity index (χ4v) is 3.62. The number of hydrogen-bond acceptors (Lipinski definition) is 4. The number of carbonyl (C=O) groups excluding carboxylic acids is 2. The summed E-state index contributed by atoms with van der Waals surface area (Å²) in [6, 6.07) is 8.96. The van der Waals surface area contributed by atoms with E-state index in [2.05, 4.69) is 9.72 Å². The molecule has 2 atom stereocenters. The zero-order valence-electron chi connectivity index (χ0n) is 15.1. The Labute approximate surface area is 173 Å². The van der Waals surface area contributed by atoms with Gasteiger partial charge in [-0.2, -0.15) is 0 Å². The number of alkyl halides is 3. The van der Waals surface area contributed by atoms with Crippen LogP contribution in [0.4, 0.5) is 23.7 Å². The number of carbonyl (C=O) groups is 2. The van der Waals surface area contributed by atoms with Crippen LogP contribution in [0.25, 0.3) is 0 Å². The molecule has 1 saturated heterocycles. The molecule has 3 amide bonds. The van der Waals surface area contributed by atoms with E-state index in [1.165, 1.54) is 50.4 Å². The first-order chi connectivity index (χ1) is 13.4. The Bertz CT molecular complexity index is 938. The maximum Gasteiger partial charge on any atom is 0.523 e. The molecule has 2 aromatic rings. The number of anilines is 1. The smallest absolute Gasteiger partial charge is 0.310 e. The Morgan fingerprint density at radius 1 is 1.10 bits per heavy atom. The minimum absolute atomic E-state index is 0.0144. The molecule has 0 saturated carbocycles. The maximum atomic E-state index is 13.3. The normalized spacial score (nSPS) is 21.1. The Morgan fingerprint density at radius 3 is 2.17 bits per heavy atom. The zero-order valence-corrected chi connectivity index (χ0v) is 16.6. The highest BCUT2D eigenvalue weighted by Crippen LogP contribution is 2.44. The Balaban J connectivity index is 2.12. The van der Waals surface area contributed by atoms with E-state index in [4.69, 9.17) is 23.2 Å². The van der Waals surface area contributed by atoms with Crippen molar-refractivity contribution in [2.75, 3.05) is 11.9 Å². The summed E-state index contributed by atoms with van der Waals surface area (Å²) in [5.74, 6) is -0.929. The first-order valence-electron chi connectivity index (χ1n) is 8.20. The second kappa shape index (κ2) is 7.47. The SMILES string of the molecule is CN1C(=O)N(c2cc(Cl)nc(Cl)c2)C(=O)C1(C)C(OC(F)(F)F)c1ccccc1. The lowest BCUT2D eigenvalue weighted by Crippen LogP contribution is -2.52. The summed E-state index contributed by atoms with van der Waals surface area (Å²) in [4.78, 5) is 31.5. The average molecular weight is 448 g/mol. The van der Waals surface area contributed by atoms with Crippen LogP contribution < -0.4 is 4.90 Å². The molecule has 154 valence electrons. The first kappa shape index (κ1) is 21.4. The van der Waals surface area contributed by atoms with Gasteiger partial charge in [0.2, 0.25) is 0 Å². The highest BCUT2D eigenvalue weighted by atomic mass is 35.5. The van der Waals surface area contributed by atoms with Gasteiger partial charge >= 0.3 is 12.4 Å². The van der Waals surface area contributed by atoms with Gasteiger partial charge in [0.25, 0.3) is 5.91 Å². The molecule has 1 aliphatic rings. The minimum atomic E-state index is -5.05. The molecule has 11 heteroatoms. The van der Waals surface area contributed by atoms with Gasteiger partial charge < -0.3 is 4.90 Å². The predicted molar refractivity (Wildman–Crippen MR) is 99.6 cm³/mol. The molecule has 0 spiro atoms. The largest absolute Gasteiger partial charge is 0.523 e. The van der Waals surface area contributed by atoms with Gasteiger partial charge in [-0.25, -0.2) is 14.7 Å². The molecular formula is C18H14Cl2F3N3O3. The van der Waals surface area contributed by atoms with Crippen molar-refractivity contribution in [2.24, 2.45) is 0 Å². The quantitative estimate of drug-likeness (QED) is 0.497. The van der Waals surface area contributed by atoms with Crippen LogP contribution >= 0.6 is 23.2 Å². The summed E-state index contributed by atoms with van der Waals surface area (Å²) >= 11 is 11.7. The van der Waals surface area contributed by atoms with Crippen LogP contribution in [-0.4, -0.2) is 40.8 Å². The second-order valence-electron chi connectivity index (χ2n) is 6.45. The molecule has 6 nitrogen and oxygen atoms in total. The van der Waals surface area contributed by atoms with Gasteiger partial charge in [0.1, 0.15) is 16.4 Å². The number of urea groups is 1. The van der Waals surface area contributed by atoms with Crippen molar-refractivity contribution >= 4 is 40.8 Å². The van der Waals surface area contributed by atoms with Crippen molar-refractivity contribution in [1.82, 2.24) is 9.88 Å². The lowest BCUT2D eigenvalue weighted by atomic mass is 9.88. The molecule has 0 aliphatic carbocycles. The third-order valence-electron chi connectivity index (χ3n) is 4.68. The number of halogens is 5. The number of imide groups is 1. The Morgan fingerprint density at radius 2 is 1.66 bits per heavy atom. The van der Waals surface area contributed by atoms with E-state index in [0.717, 1.165) is 4.90 Å². The molecule has 1 aliphatic heterocycles. The number of pyridine rings is 1. The van der Waals surface area contributed by atoms with Gasteiger partial charge in [-0.1, -0.05) is 53.5 Å². The van der Waals surface area contributed by atoms with Crippen molar-refractivity contribution in [3.8, 4) is 0 Å². The number of nitrogens with zero attached hydrogens (tertiary/aromatic N) is 3. The van der Waals surface area contributed by atoms with Crippen LogP contribution in [0.5, 0.6) is 0 Å². The van der Waals surface area contributed by atoms with Gasteiger partial charge in [0.15, 0.2) is 5.54 Å². The number of rotatable bonds is 4. The number of likely N-dealkylation sites (N-methyl/N-ethyl adjacent to an activating group) is 1. The highest BCUT2D eigenvalue weighted by Gasteiger charge is 2.60. The highest BCUT2D eigenvalue weighted by molar-refractivity contribution is 6.33. The number of amides is 3. The molecule has 1 aromatic heterocycles. The van der Waals surface area contributed by atoms with Crippen LogP contribution in [0.2, 0.25) is 10.3 Å². The van der Waals surface area contributed by atoms with E-state index in [1.54, 1.807) is 6.07 Å². The summed E-state index contributed by atoms with van der Waals surface area (Å²) in [7, 11) is 1.22. The van der Waals surface area contributed by atoms with Crippen LogP contribution in [0.1, 0.15) is 18.6 Å². The van der Waals surface area contributed by atoms with Gasteiger partial charge in [0, 0.05) is 7.05 Å². The Kier molecular flexibility index (Phi) is 5.50. The van der Waals surface area contributed by atoms with E-state index >= 15 is 0 Å². The Hall–Kier alpha value is -2.36. The summed E-state index contributed by atoms with van der Waals surface area (Å²) in [6.45, 7) is 1.21. The fourth-order valence-electron chi connectivity index (χ4n) is 3.17. The zero-order chi connectivity index (χ0) is 21.6. The molecular weight excluding hydrogens is 434 g/mol. The van der Waals surface area contributed by atoms with Crippen molar-refractivity contribution in [3.05, 3.63) is 58.3 Å². The first-order valence-corrected chi connectivity index (χ1v) is 8.95. The maximum absolute atomic E-state index is 13.3. The minimum Gasteiger partial charge on any atom is -0.310 e. The van der Waals surface area contributed by atoms with Crippen LogP contribution in [0.15, 0.2) is 42.5 Å². The third kappa shape index (κ3) is 3.90.